The van der Waals surface area contributed by atoms with Crippen LogP contribution < -0.4 is 14.4 Å². The minimum atomic E-state index is -4.65. The Morgan fingerprint density at radius 3 is 2.28 bits per heavy atom. The Labute approximate surface area is 268 Å². The van der Waals surface area contributed by atoms with Crippen LogP contribution in [0.15, 0.2) is 78.9 Å². The lowest BCUT2D eigenvalue weighted by Gasteiger charge is -2.33. The normalized spacial score (nSPS) is 14.5. The predicted octanol–water partition coefficient (Wildman–Crippen LogP) is 5.96. The van der Waals surface area contributed by atoms with Gasteiger partial charge in [0.25, 0.3) is 0 Å². The molecule has 0 aromatic heterocycles. The van der Waals surface area contributed by atoms with Crippen LogP contribution in [-0.2, 0) is 38.8 Å². The second kappa shape index (κ2) is 15.5. The van der Waals surface area contributed by atoms with Gasteiger partial charge in [-0.3, -0.25) is 13.9 Å². The van der Waals surface area contributed by atoms with Gasteiger partial charge in [-0.25, -0.2) is 8.42 Å². The van der Waals surface area contributed by atoms with Crippen LogP contribution in [0.25, 0.3) is 0 Å². The fourth-order valence-corrected chi connectivity index (χ4v) is 6.69. The highest BCUT2D eigenvalue weighted by molar-refractivity contribution is 7.92. The third kappa shape index (κ3) is 9.72. The van der Waals surface area contributed by atoms with Crippen LogP contribution >= 0.6 is 0 Å². The Bertz CT molecular complexity index is 1580. The van der Waals surface area contributed by atoms with Crippen molar-refractivity contribution in [3.05, 3.63) is 95.6 Å². The maximum Gasteiger partial charge on any atom is 0.416 e. The van der Waals surface area contributed by atoms with E-state index in [4.69, 9.17) is 4.74 Å². The fourth-order valence-electron chi connectivity index (χ4n) is 5.73. The van der Waals surface area contributed by atoms with Crippen molar-refractivity contribution in [3.8, 4) is 5.75 Å². The zero-order chi connectivity index (χ0) is 33.3. The number of alkyl halides is 3. The monoisotopic (exact) mass is 659 g/mol. The lowest BCUT2D eigenvalue weighted by molar-refractivity contribution is -0.141. The molecule has 1 aliphatic carbocycles. The second-order valence-corrected chi connectivity index (χ2v) is 13.5. The number of benzene rings is 3. The fraction of sp³-hybridized carbons (Fsp3) is 0.412. The molecular formula is C34H40F3N3O5S. The first-order valence-electron chi connectivity index (χ1n) is 15.3. The first-order valence-corrected chi connectivity index (χ1v) is 17.1. The largest absolute Gasteiger partial charge is 0.497 e. The van der Waals surface area contributed by atoms with Crippen molar-refractivity contribution in [2.45, 2.75) is 69.8 Å². The number of anilines is 1. The van der Waals surface area contributed by atoms with E-state index in [1.165, 1.54) is 18.1 Å². The topological polar surface area (TPSA) is 96.0 Å². The van der Waals surface area contributed by atoms with Gasteiger partial charge in [-0.2, -0.15) is 13.2 Å². The van der Waals surface area contributed by atoms with Crippen molar-refractivity contribution >= 4 is 27.5 Å². The molecule has 1 aliphatic rings. The number of rotatable bonds is 14. The molecule has 1 atom stereocenters. The number of sulfonamides is 1. The van der Waals surface area contributed by atoms with Crippen molar-refractivity contribution in [1.82, 2.24) is 10.2 Å². The van der Waals surface area contributed by atoms with E-state index in [0.29, 0.717) is 5.75 Å². The molecule has 12 heteroatoms. The molecule has 2 amide bonds. The number of carbonyl (C=O) groups is 2. The summed E-state index contributed by atoms with van der Waals surface area (Å²) in [6.45, 7) is -0.133. The van der Waals surface area contributed by atoms with E-state index in [-0.39, 0.29) is 55.9 Å². The third-order valence-electron chi connectivity index (χ3n) is 8.07. The SMILES string of the molecule is COc1cccc(CN(C(=O)CCCN(c2cccc(C(F)(F)F)c2)S(C)(=O)=O)[C@H](Cc2ccccc2)C(=O)NC2CCCC2)c1. The molecule has 1 fully saturated rings. The second-order valence-electron chi connectivity index (χ2n) is 11.6. The first-order chi connectivity index (χ1) is 21.8. The minimum Gasteiger partial charge on any atom is -0.497 e. The smallest absolute Gasteiger partial charge is 0.416 e. The summed E-state index contributed by atoms with van der Waals surface area (Å²) in [5.74, 6) is -0.0682. The van der Waals surface area contributed by atoms with Gasteiger partial charge in [0.2, 0.25) is 21.8 Å². The van der Waals surface area contributed by atoms with Crippen LogP contribution in [0.3, 0.4) is 0 Å². The van der Waals surface area contributed by atoms with Gasteiger partial charge < -0.3 is 15.0 Å². The Balaban J connectivity index is 1.61. The summed E-state index contributed by atoms with van der Waals surface area (Å²) in [4.78, 5) is 29.4. The average Bonchev–Trinajstić information content (AvgIpc) is 3.53. The maximum absolute atomic E-state index is 14.0. The summed E-state index contributed by atoms with van der Waals surface area (Å²) < 4.78 is 71.7. The molecule has 1 N–H and O–H groups in total. The Morgan fingerprint density at radius 2 is 1.63 bits per heavy atom. The molecule has 0 aliphatic heterocycles. The standard InChI is InChI=1S/C34H40F3N3O5S/c1-45-30-18-8-13-26(21-30)24-39(31(22-25-11-4-3-5-12-25)33(42)38-28-15-6-7-16-28)32(41)19-10-20-40(46(2,43)44)29-17-9-14-27(23-29)34(35,36)37/h3-5,8-9,11-14,17-18,21,23,28,31H,6-7,10,15-16,19-20,22,24H2,1-2H3,(H,38,42)/t31-/m1/s1. The zero-order valence-electron chi connectivity index (χ0n) is 26.0. The first kappa shape index (κ1) is 34.8. The molecule has 3 aromatic rings. The van der Waals surface area contributed by atoms with Gasteiger partial charge in [-0.15, -0.1) is 0 Å². The van der Waals surface area contributed by atoms with Crippen molar-refractivity contribution in [2.24, 2.45) is 0 Å². The summed E-state index contributed by atoms with van der Waals surface area (Å²) in [5, 5.41) is 3.14. The third-order valence-corrected chi connectivity index (χ3v) is 9.27. The van der Waals surface area contributed by atoms with E-state index in [1.54, 1.807) is 18.2 Å². The number of nitrogens with one attached hydrogen (secondary N) is 1. The molecule has 0 unspecified atom stereocenters. The molecule has 4 rings (SSSR count). The molecule has 248 valence electrons. The molecule has 46 heavy (non-hydrogen) atoms. The number of nitrogens with zero attached hydrogens (tertiary/aromatic N) is 2. The van der Waals surface area contributed by atoms with E-state index in [2.05, 4.69) is 5.32 Å². The van der Waals surface area contributed by atoms with Gasteiger partial charge in [0.1, 0.15) is 11.8 Å². The van der Waals surface area contributed by atoms with Crippen LogP contribution in [0, 0.1) is 0 Å². The number of hydrogen-bond donors (Lipinski definition) is 1. The quantitative estimate of drug-likeness (QED) is 0.231. The Hall–Kier alpha value is -4.06. The lowest BCUT2D eigenvalue weighted by Crippen LogP contribution is -2.52. The summed E-state index contributed by atoms with van der Waals surface area (Å²) in [6, 6.07) is 19.8. The summed E-state index contributed by atoms with van der Waals surface area (Å²) in [5.41, 5.74) is 0.485. The van der Waals surface area contributed by atoms with Crippen molar-refractivity contribution in [2.75, 3.05) is 24.2 Å². The Kier molecular flexibility index (Phi) is 11.7. The molecule has 3 aromatic carbocycles. The molecule has 0 bridgehead atoms. The number of methoxy groups -OCH3 is 1. The van der Waals surface area contributed by atoms with Crippen LogP contribution in [0.5, 0.6) is 5.75 Å². The van der Waals surface area contributed by atoms with Gasteiger partial charge in [0.05, 0.1) is 24.6 Å². The predicted molar refractivity (Wildman–Crippen MR) is 171 cm³/mol. The molecule has 0 spiro atoms. The van der Waals surface area contributed by atoms with E-state index < -0.39 is 27.8 Å². The van der Waals surface area contributed by atoms with E-state index in [9.17, 15) is 31.2 Å². The van der Waals surface area contributed by atoms with Crippen molar-refractivity contribution < 1.29 is 35.9 Å². The van der Waals surface area contributed by atoms with Gasteiger partial charge in [-0.1, -0.05) is 61.4 Å². The summed E-state index contributed by atoms with van der Waals surface area (Å²) in [7, 11) is -2.44. The van der Waals surface area contributed by atoms with Gasteiger partial charge >= 0.3 is 6.18 Å². The Morgan fingerprint density at radius 1 is 0.957 bits per heavy atom. The summed E-state index contributed by atoms with van der Waals surface area (Å²) in [6.07, 6.45) is 0.156. The van der Waals surface area contributed by atoms with Crippen LogP contribution in [0.2, 0.25) is 0 Å². The van der Waals surface area contributed by atoms with Crippen LogP contribution in [0.1, 0.15) is 55.2 Å². The van der Waals surface area contributed by atoms with Gasteiger partial charge in [0, 0.05) is 32.0 Å². The van der Waals surface area contributed by atoms with Crippen molar-refractivity contribution in [3.63, 3.8) is 0 Å². The number of hydrogen-bond acceptors (Lipinski definition) is 5. The molecule has 1 saturated carbocycles. The summed E-state index contributed by atoms with van der Waals surface area (Å²) >= 11 is 0. The van der Waals surface area contributed by atoms with Gasteiger partial charge in [0.15, 0.2) is 0 Å². The highest BCUT2D eigenvalue weighted by Crippen LogP contribution is 2.32. The van der Waals surface area contributed by atoms with Crippen molar-refractivity contribution in [1.29, 1.82) is 0 Å². The zero-order valence-corrected chi connectivity index (χ0v) is 26.8. The average molecular weight is 660 g/mol. The molecule has 8 nitrogen and oxygen atoms in total. The minimum absolute atomic E-state index is 0.0130. The number of ether oxygens (including phenoxy) is 1. The van der Waals surface area contributed by atoms with Gasteiger partial charge in [-0.05, 0) is 60.7 Å². The highest BCUT2D eigenvalue weighted by Gasteiger charge is 2.33. The van der Waals surface area contributed by atoms with Crippen LogP contribution in [-0.4, -0.2) is 57.1 Å². The highest BCUT2D eigenvalue weighted by atomic mass is 32.2. The van der Waals surface area contributed by atoms with E-state index >= 15 is 0 Å². The van der Waals surface area contributed by atoms with Crippen LogP contribution in [0.4, 0.5) is 18.9 Å². The molecular weight excluding hydrogens is 619 g/mol. The molecule has 0 saturated heterocycles. The number of halogens is 3. The molecule has 0 heterocycles. The maximum atomic E-state index is 14.0. The number of amides is 2. The number of carbonyl (C=O) groups excluding carboxylic acids is 2. The lowest BCUT2D eigenvalue weighted by atomic mass is 10.0. The van der Waals surface area contributed by atoms with E-state index in [1.807, 2.05) is 36.4 Å². The van der Waals surface area contributed by atoms with E-state index in [0.717, 1.165) is 65.6 Å². The molecule has 0 radical (unpaired) electrons.